The molecule has 1 aromatic carbocycles. The highest BCUT2D eigenvalue weighted by Crippen LogP contribution is 2.46. The summed E-state index contributed by atoms with van der Waals surface area (Å²) in [4.78, 5) is 0.361. The summed E-state index contributed by atoms with van der Waals surface area (Å²) in [6.45, 7) is 15.4. The third-order valence-electron chi connectivity index (χ3n) is 6.80. The zero-order valence-corrected chi connectivity index (χ0v) is 18.4. The molecule has 2 fully saturated rings. The van der Waals surface area contributed by atoms with E-state index in [4.69, 9.17) is 9.31 Å². The number of nitrogens with zero attached hydrogens (tertiary/aromatic N) is 1. The quantitative estimate of drug-likeness (QED) is 0.732. The number of hydrogen-bond acceptors (Lipinski definition) is 4. The van der Waals surface area contributed by atoms with Crippen LogP contribution in [0.4, 0.5) is 0 Å². The lowest BCUT2D eigenvalue weighted by molar-refractivity contribution is 0.00578. The first-order chi connectivity index (χ1) is 12.3. The van der Waals surface area contributed by atoms with Gasteiger partial charge in [-0.3, -0.25) is 0 Å². The molecule has 150 valence electrons. The molecule has 0 N–H and O–H groups in total. The number of benzene rings is 1. The van der Waals surface area contributed by atoms with E-state index in [0.29, 0.717) is 24.3 Å². The summed E-state index contributed by atoms with van der Waals surface area (Å²) in [7, 11) is -3.80. The van der Waals surface area contributed by atoms with E-state index < -0.39 is 10.0 Å². The van der Waals surface area contributed by atoms with E-state index in [9.17, 15) is 8.42 Å². The van der Waals surface area contributed by atoms with E-state index in [2.05, 4.69) is 13.8 Å². The Morgan fingerprint density at radius 2 is 1.59 bits per heavy atom. The summed E-state index contributed by atoms with van der Waals surface area (Å²) in [6.07, 6.45) is 0.681. The molecule has 2 saturated heterocycles. The summed E-state index contributed by atoms with van der Waals surface area (Å²) < 4.78 is 40.1. The van der Waals surface area contributed by atoms with Crippen LogP contribution in [0.5, 0.6) is 0 Å². The first-order valence-electron chi connectivity index (χ1n) is 9.69. The fourth-order valence-corrected chi connectivity index (χ4v) is 5.55. The molecule has 3 rings (SSSR count). The summed E-state index contributed by atoms with van der Waals surface area (Å²) >= 11 is 0. The van der Waals surface area contributed by atoms with E-state index in [0.717, 1.165) is 5.56 Å². The Labute approximate surface area is 164 Å². The van der Waals surface area contributed by atoms with E-state index >= 15 is 0 Å². The van der Waals surface area contributed by atoms with Gasteiger partial charge in [-0.15, -0.1) is 0 Å². The average molecular weight is 393 g/mol. The largest absolute Gasteiger partial charge is 0.458 e. The third kappa shape index (κ3) is 3.71. The van der Waals surface area contributed by atoms with E-state index in [1.807, 2.05) is 46.8 Å². The molecule has 0 radical (unpaired) electrons. The van der Waals surface area contributed by atoms with Gasteiger partial charge in [-0.05, 0) is 64.4 Å². The molecule has 7 heteroatoms. The van der Waals surface area contributed by atoms with Crippen LogP contribution in [0.1, 0.15) is 47.1 Å². The van der Waals surface area contributed by atoms with Gasteiger partial charge in [-0.25, -0.2) is 8.42 Å². The predicted octanol–water partition coefficient (Wildman–Crippen LogP) is 3.73. The van der Waals surface area contributed by atoms with Crippen molar-refractivity contribution in [1.82, 2.24) is 4.31 Å². The standard InChI is InChI=1S/C20H32BNO4S/c1-15-8-10-17(11-9-15)27(23,24)22-12-16(2)20(7,14-22)13-21-25-18(3,4)19(5,6)26-21/h8-11,16H,12-14H2,1-7H3. The maximum atomic E-state index is 13.1. The molecule has 2 aliphatic heterocycles. The lowest BCUT2D eigenvalue weighted by atomic mass is 9.65. The summed E-state index contributed by atoms with van der Waals surface area (Å²) in [5, 5.41) is 0. The lowest BCUT2D eigenvalue weighted by Gasteiger charge is -2.32. The molecule has 2 aliphatic rings. The molecule has 0 bridgehead atoms. The van der Waals surface area contributed by atoms with Gasteiger partial charge in [0.2, 0.25) is 10.0 Å². The van der Waals surface area contributed by atoms with Crippen molar-refractivity contribution in [1.29, 1.82) is 0 Å². The zero-order chi connectivity index (χ0) is 20.3. The van der Waals surface area contributed by atoms with Crippen molar-refractivity contribution in [3.05, 3.63) is 29.8 Å². The molecule has 2 heterocycles. The zero-order valence-electron chi connectivity index (χ0n) is 17.6. The van der Waals surface area contributed by atoms with Crippen molar-refractivity contribution in [2.24, 2.45) is 11.3 Å². The minimum Gasteiger partial charge on any atom is -0.403 e. The van der Waals surface area contributed by atoms with E-state index in [1.165, 1.54) is 0 Å². The van der Waals surface area contributed by atoms with Crippen LogP contribution in [0.3, 0.4) is 0 Å². The highest BCUT2D eigenvalue weighted by molar-refractivity contribution is 7.89. The molecule has 0 amide bonds. The van der Waals surface area contributed by atoms with Crippen molar-refractivity contribution >= 4 is 17.1 Å². The maximum Gasteiger partial charge on any atom is 0.458 e. The Morgan fingerprint density at radius 1 is 1.07 bits per heavy atom. The minimum absolute atomic E-state index is 0.196. The van der Waals surface area contributed by atoms with Crippen LogP contribution in [0.25, 0.3) is 0 Å². The highest BCUT2D eigenvalue weighted by atomic mass is 32.2. The molecular formula is C20H32BNO4S. The number of hydrogen-bond donors (Lipinski definition) is 0. The van der Waals surface area contributed by atoms with Gasteiger partial charge in [-0.2, -0.15) is 4.31 Å². The minimum atomic E-state index is -3.49. The third-order valence-corrected chi connectivity index (χ3v) is 8.62. The van der Waals surface area contributed by atoms with Crippen molar-refractivity contribution in [3.63, 3.8) is 0 Å². The Hall–Kier alpha value is -0.885. The SMILES string of the molecule is Cc1ccc(S(=O)(=O)N2CC(C)C(C)(CB3OC(C)(C)C(C)(C)O3)C2)cc1. The molecule has 2 atom stereocenters. The molecular weight excluding hydrogens is 361 g/mol. The number of rotatable bonds is 4. The second-order valence-electron chi connectivity index (χ2n) is 9.56. The Balaban J connectivity index is 1.76. The van der Waals surface area contributed by atoms with Crippen LogP contribution in [0.15, 0.2) is 29.2 Å². The van der Waals surface area contributed by atoms with E-state index in [1.54, 1.807) is 16.4 Å². The first-order valence-corrected chi connectivity index (χ1v) is 11.1. The van der Waals surface area contributed by atoms with Crippen LogP contribution in [0.2, 0.25) is 6.32 Å². The van der Waals surface area contributed by atoms with Crippen LogP contribution in [-0.4, -0.2) is 44.1 Å². The predicted molar refractivity (Wildman–Crippen MR) is 108 cm³/mol. The van der Waals surface area contributed by atoms with Crippen LogP contribution in [-0.2, 0) is 19.3 Å². The van der Waals surface area contributed by atoms with Crippen molar-refractivity contribution in [3.8, 4) is 0 Å². The number of aryl methyl sites for hydroxylation is 1. The first kappa shape index (κ1) is 20.8. The van der Waals surface area contributed by atoms with Crippen LogP contribution < -0.4 is 0 Å². The maximum absolute atomic E-state index is 13.1. The van der Waals surface area contributed by atoms with Crippen LogP contribution >= 0.6 is 0 Å². The van der Waals surface area contributed by atoms with Gasteiger partial charge in [0.1, 0.15) is 0 Å². The molecule has 5 nitrogen and oxygen atoms in total. The lowest BCUT2D eigenvalue weighted by Crippen LogP contribution is -2.41. The van der Waals surface area contributed by atoms with Gasteiger partial charge in [0.25, 0.3) is 0 Å². The molecule has 0 aromatic heterocycles. The second kappa shape index (κ2) is 6.58. The van der Waals surface area contributed by atoms with Gasteiger partial charge in [-0.1, -0.05) is 31.5 Å². The average Bonchev–Trinajstić information content (AvgIpc) is 2.92. The van der Waals surface area contributed by atoms with Gasteiger partial charge in [0.15, 0.2) is 0 Å². The van der Waals surface area contributed by atoms with Gasteiger partial charge >= 0.3 is 7.12 Å². The van der Waals surface area contributed by atoms with Gasteiger partial charge in [0, 0.05) is 13.1 Å². The fraction of sp³-hybridized carbons (Fsp3) is 0.700. The topological polar surface area (TPSA) is 55.8 Å². The Bertz CT molecular complexity index is 790. The van der Waals surface area contributed by atoms with Crippen molar-refractivity contribution in [2.45, 2.75) is 70.9 Å². The van der Waals surface area contributed by atoms with E-state index in [-0.39, 0.29) is 29.7 Å². The van der Waals surface area contributed by atoms with Crippen molar-refractivity contribution in [2.75, 3.05) is 13.1 Å². The normalized spacial score (nSPS) is 30.8. The molecule has 2 unspecified atom stereocenters. The molecule has 0 spiro atoms. The van der Waals surface area contributed by atoms with Gasteiger partial charge in [0.05, 0.1) is 16.1 Å². The molecule has 1 aromatic rings. The van der Waals surface area contributed by atoms with Gasteiger partial charge < -0.3 is 9.31 Å². The number of sulfonamides is 1. The summed E-state index contributed by atoms with van der Waals surface area (Å²) in [5.41, 5.74) is 0.112. The molecule has 0 saturated carbocycles. The smallest absolute Gasteiger partial charge is 0.403 e. The summed E-state index contributed by atoms with van der Waals surface area (Å²) in [5.74, 6) is 0.219. The highest BCUT2D eigenvalue weighted by Gasteiger charge is 2.55. The Kier molecular flexibility index (Phi) is 5.08. The Morgan fingerprint density at radius 3 is 2.11 bits per heavy atom. The molecule has 0 aliphatic carbocycles. The molecule has 27 heavy (non-hydrogen) atoms. The van der Waals surface area contributed by atoms with Crippen molar-refractivity contribution < 1.29 is 17.7 Å². The van der Waals surface area contributed by atoms with Crippen LogP contribution in [0, 0.1) is 18.3 Å². The monoisotopic (exact) mass is 393 g/mol. The second-order valence-corrected chi connectivity index (χ2v) is 11.5. The fourth-order valence-electron chi connectivity index (χ4n) is 3.89. The summed E-state index contributed by atoms with van der Waals surface area (Å²) in [6, 6.07) is 7.07.